The highest BCUT2D eigenvalue weighted by Crippen LogP contribution is 2.21. The van der Waals surface area contributed by atoms with Gasteiger partial charge in [-0.1, -0.05) is 18.6 Å². The third-order valence-electron chi connectivity index (χ3n) is 4.54. The minimum Gasteiger partial charge on any atom is -0.399 e. The Balaban J connectivity index is 1.52. The minimum atomic E-state index is 0.800. The van der Waals surface area contributed by atoms with Crippen LogP contribution in [-0.4, -0.2) is 42.0 Å². The molecule has 2 aliphatic heterocycles. The monoisotopic (exact) mass is 259 g/mol. The average Bonchev–Trinajstić information content (AvgIpc) is 2.91. The third-order valence-corrected chi connectivity index (χ3v) is 4.54. The molecular formula is C16H25N3. The van der Waals surface area contributed by atoms with Crippen LogP contribution in [0.25, 0.3) is 0 Å². The Morgan fingerprint density at radius 2 is 1.74 bits per heavy atom. The standard InChI is InChI=1S/C16H25N3/c17-15-6-4-14(5-7-15)12-18-11-8-16(13-18)19-9-2-1-3-10-19/h4-7,16H,1-3,8-13,17H2. The first-order chi connectivity index (χ1) is 9.31. The van der Waals surface area contributed by atoms with Crippen molar-refractivity contribution in [1.29, 1.82) is 0 Å². The summed E-state index contributed by atoms with van der Waals surface area (Å²) in [5, 5.41) is 0. The number of hydrogen-bond donors (Lipinski definition) is 1. The molecule has 0 amide bonds. The molecule has 2 N–H and O–H groups in total. The van der Waals surface area contributed by atoms with Gasteiger partial charge in [-0.2, -0.15) is 0 Å². The highest BCUT2D eigenvalue weighted by atomic mass is 15.3. The Hall–Kier alpha value is -1.06. The Labute approximate surface area is 116 Å². The van der Waals surface area contributed by atoms with E-state index in [0.29, 0.717) is 0 Å². The molecule has 2 aliphatic rings. The van der Waals surface area contributed by atoms with Gasteiger partial charge in [-0.25, -0.2) is 0 Å². The summed E-state index contributed by atoms with van der Waals surface area (Å²) >= 11 is 0. The molecule has 19 heavy (non-hydrogen) atoms. The highest BCUT2D eigenvalue weighted by Gasteiger charge is 2.28. The largest absolute Gasteiger partial charge is 0.399 e. The summed E-state index contributed by atoms with van der Waals surface area (Å²) in [6.45, 7) is 6.20. The van der Waals surface area contributed by atoms with E-state index in [1.165, 1.54) is 57.4 Å². The van der Waals surface area contributed by atoms with Gasteiger partial charge < -0.3 is 5.73 Å². The zero-order valence-electron chi connectivity index (χ0n) is 11.7. The summed E-state index contributed by atoms with van der Waals surface area (Å²) in [7, 11) is 0. The van der Waals surface area contributed by atoms with Crippen LogP contribution in [-0.2, 0) is 6.54 Å². The van der Waals surface area contributed by atoms with E-state index >= 15 is 0 Å². The van der Waals surface area contributed by atoms with Crippen LogP contribution < -0.4 is 5.73 Å². The van der Waals surface area contributed by atoms with Gasteiger partial charge in [0, 0.05) is 31.4 Å². The summed E-state index contributed by atoms with van der Waals surface area (Å²) in [6.07, 6.45) is 5.57. The first-order valence-electron chi connectivity index (χ1n) is 7.62. The lowest BCUT2D eigenvalue weighted by atomic mass is 10.1. The molecule has 1 aromatic carbocycles. The van der Waals surface area contributed by atoms with Crippen LogP contribution in [0, 0.1) is 0 Å². The van der Waals surface area contributed by atoms with E-state index in [1.54, 1.807) is 0 Å². The van der Waals surface area contributed by atoms with Gasteiger partial charge >= 0.3 is 0 Å². The van der Waals surface area contributed by atoms with Crippen molar-refractivity contribution < 1.29 is 0 Å². The number of likely N-dealkylation sites (tertiary alicyclic amines) is 2. The second kappa shape index (κ2) is 5.93. The lowest BCUT2D eigenvalue weighted by Gasteiger charge is -2.32. The molecule has 3 rings (SSSR count). The molecular weight excluding hydrogens is 234 g/mol. The normalized spacial score (nSPS) is 25.8. The molecule has 3 heteroatoms. The fraction of sp³-hybridized carbons (Fsp3) is 0.625. The van der Waals surface area contributed by atoms with Gasteiger partial charge in [-0.3, -0.25) is 9.80 Å². The van der Waals surface area contributed by atoms with Gasteiger partial charge in [0.1, 0.15) is 0 Å². The molecule has 0 aromatic heterocycles. The van der Waals surface area contributed by atoms with Crippen molar-refractivity contribution in [2.45, 2.75) is 38.3 Å². The van der Waals surface area contributed by atoms with Gasteiger partial charge in [0.05, 0.1) is 0 Å². The van der Waals surface area contributed by atoms with Gasteiger partial charge in [-0.15, -0.1) is 0 Å². The molecule has 0 radical (unpaired) electrons. The number of rotatable bonds is 3. The number of nitrogens with zero attached hydrogens (tertiary/aromatic N) is 2. The van der Waals surface area contributed by atoms with Crippen LogP contribution >= 0.6 is 0 Å². The fourth-order valence-corrected chi connectivity index (χ4v) is 3.42. The molecule has 3 nitrogen and oxygen atoms in total. The summed E-state index contributed by atoms with van der Waals surface area (Å²) in [4.78, 5) is 5.30. The molecule has 1 unspecified atom stereocenters. The molecule has 0 bridgehead atoms. The van der Waals surface area contributed by atoms with E-state index in [9.17, 15) is 0 Å². The highest BCUT2D eigenvalue weighted by molar-refractivity contribution is 5.39. The predicted molar refractivity (Wildman–Crippen MR) is 80.0 cm³/mol. The zero-order valence-corrected chi connectivity index (χ0v) is 11.7. The summed E-state index contributed by atoms with van der Waals surface area (Å²) in [6, 6.07) is 9.13. The number of nitrogen functional groups attached to an aromatic ring is 1. The average molecular weight is 259 g/mol. The van der Waals surface area contributed by atoms with Crippen molar-refractivity contribution in [3.63, 3.8) is 0 Å². The SMILES string of the molecule is Nc1ccc(CN2CCC(N3CCCCC3)C2)cc1. The Bertz CT molecular complexity index is 395. The van der Waals surface area contributed by atoms with E-state index in [4.69, 9.17) is 5.73 Å². The van der Waals surface area contributed by atoms with Gasteiger partial charge in [-0.05, 0) is 50.0 Å². The molecule has 2 heterocycles. The third kappa shape index (κ3) is 3.28. The van der Waals surface area contributed by atoms with Crippen LogP contribution in [0.2, 0.25) is 0 Å². The lowest BCUT2D eigenvalue weighted by Crippen LogP contribution is -2.40. The van der Waals surface area contributed by atoms with Gasteiger partial charge in [0.2, 0.25) is 0 Å². The van der Waals surface area contributed by atoms with E-state index in [1.807, 2.05) is 12.1 Å². The number of nitrogens with two attached hydrogens (primary N) is 1. The van der Waals surface area contributed by atoms with Crippen molar-refractivity contribution in [1.82, 2.24) is 9.80 Å². The van der Waals surface area contributed by atoms with Crippen LogP contribution in [0.15, 0.2) is 24.3 Å². The van der Waals surface area contributed by atoms with E-state index in [-0.39, 0.29) is 0 Å². The number of anilines is 1. The molecule has 1 aromatic rings. The smallest absolute Gasteiger partial charge is 0.0314 e. The molecule has 0 aliphatic carbocycles. The van der Waals surface area contributed by atoms with Gasteiger partial charge in [0.25, 0.3) is 0 Å². The Kier molecular flexibility index (Phi) is 4.04. The second-order valence-electron chi connectivity index (χ2n) is 6.02. The van der Waals surface area contributed by atoms with E-state index in [2.05, 4.69) is 21.9 Å². The van der Waals surface area contributed by atoms with Crippen molar-refractivity contribution in [3.05, 3.63) is 29.8 Å². The van der Waals surface area contributed by atoms with Crippen LogP contribution in [0.5, 0.6) is 0 Å². The van der Waals surface area contributed by atoms with Crippen LogP contribution in [0.1, 0.15) is 31.2 Å². The summed E-state index contributed by atoms with van der Waals surface area (Å²) < 4.78 is 0. The van der Waals surface area contributed by atoms with Crippen molar-refractivity contribution in [3.8, 4) is 0 Å². The van der Waals surface area contributed by atoms with E-state index in [0.717, 1.165) is 18.3 Å². The first-order valence-corrected chi connectivity index (χ1v) is 7.62. The van der Waals surface area contributed by atoms with Crippen molar-refractivity contribution in [2.75, 3.05) is 31.9 Å². The molecule has 1 atom stereocenters. The molecule has 0 spiro atoms. The zero-order chi connectivity index (χ0) is 13.1. The maximum atomic E-state index is 5.73. The Morgan fingerprint density at radius 1 is 1.00 bits per heavy atom. The second-order valence-corrected chi connectivity index (χ2v) is 6.02. The fourth-order valence-electron chi connectivity index (χ4n) is 3.42. The minimum absolute atomic E-state index is 0.800. The van der Waals surface area contributed by atoms with Crippen molar-refractivity contribution >= 4 is 5.69 Å². The quantitative estimate of drug-likeness (QED) is 0.846. The van der Waals surface area contributed by atoms with Crippen molar-refractivity contribution in [2.24, 2.45) is 0 Å². The molecule has 2 fully saturated rings. The van der Waals surface area contributed by atoms with Crippen LogP contribution in [0.3, 0.4) is 0 Å². The van der Waals surface area contributed by atoms with E-state index < -0.39 is 0 Å². The lowest BCUT2D eigenvalue weighted by molar-refractivity contribution is 0.161. The molecule has 0 saturated carbocycles. The van der Waals surface area contributed by atoms with Crippen LogP contribution in [0.4, 0.5) is 5.69 Å². The molecule has 104 valence electrons. The predicted octanol–water partition coefficient (Wildman–Crippen LogP) is 2.33. The topological polar surface area (TPSA) is 32.5 Å². The number of hydrogen-bond acceptors (Lipinski definition) is 3. The number of benzene rings is 1. The Morgan fingerprint density at radius 3 is 2.47 bits per heavy atom. The summed E-state index contributed by atoms with van der Waals surface area (Å²) in [5.74, 6) is 0. The maximum absolute atomic E-state index is 5.73. The maximum Gasteiger partial charge on any atom is 0.0314 e. The molecule has 2 saturated heterocycles. The number of piperidine rings is 1. The first kappa shape index (κ1) is 12.9. The summed E-state index contributed by atoms with van der Waals surface area (Å²) in [5.41, 5.74) is 7.97. The van der Waals surface area contributed by atoms with Gasteiger partial charge in [0.15, 0.2) is 0 Å².